The number of hydrogen-bond donors (Lipinski definition) is 1. The summed E-state index contributed by atoms with van der Waals surface area (Å²) in [7, 11) is -3.68. The van der Waals surface area contributed by atoms with Crippen LogP contribution in [0.3, 0.4) is 0 Å². The normalized spacial score (nSPS) is 21.0. The van der Waals surface area contributed by atoms with Crippen LogP contribution in [0.2, 0.25) is 0 Å². The van der Waals surface area contributed by atoms with Crippen molar-refractivity contribution in [3.63, 3.8) is 0 Å². The molecule has 0 saturated carbocycles. The first kappa shape index (κ1) is 19.5. The third kappa shape index (κ3) is 5.36. The maximum atomic E-state index is 12.4. The molecule has 0 unspecified atom stereocenters. The van der Waals surface area contributed by atoms with Crippen molar-refractivity contribution >= 4 is 15.8 Å². The highest BCUT2D eigenvalue weighted by atomic mass is 32.2. The molecule has 26 heavy (non-hydrogen) atoms. The molecule has 1 aromatic rings. The first-order valence-corrected chi connectivity index (χ1v) is 11.1. The van der Waals surface area contributed by atoms with Crippen LogP contribution in [-0.2, 0) is 21.2 Å². The zero-order valence-electron chi connectivity index (χ0n) is 15.3. The minimum atomic E-state index is -3.68. The fraction of sp³-hybridized carbons (Fsp3) is 0.632. The van der Waals surface area contributed by atoms with Crippen LogP contribution in [-0.4, -0.2) is 62.8 Å². The standard InChI is InChI=1S/C19H29N3O3S/c20-26(24,25)19-6-4-16(5-7-19)14-18(23)15-21-12-8-17(9-13-21)22-10-2-1-3-11-22/h4-7,17H,1-3,8-15H2,(H2,20,24,25). The van der Waals surface area contributed by atoms with E-state index in [1.807, 2.05) is 0 Å². The number of piperidine rings is 2. The van der Waals surface area contributed by atoms with E-state index >= 15 is 0 Å². The van der Waals surface area contributed by atoms with Crippen molar-refractivity contribution in [2.45, 2.75) is 49.5 Å². The van der Waals surface area contributed by atoms with Crippen molar-refractivity contribution in [1.29, 1.82) is 0 Å². The second-order valence-corrected chi connectivity index (χ2v) is 9.07. The lowest BCUT2D eigenvalue weighted by molar-refractivity contribution is -0.120. The first-order chi connectivity index (χ1) is 12.4. The average molecular weight is 380 g/mol. The van der Waals surface area contributed by atoms with E-state index in [4.69, 9.17) is 5.14 Å². The molecule has 3 rings (SSSR count). The predicted octanol–water partition coefficient (Wildman–Crippen LogP) is 1.40. The van der Waals surface area contributed by atoms with Crippen LogP contribution >= 0.6 is 0 Å². The summed E-state index contributed by atoms with van der Waals surface area (Å²) in [5.74, 6) is 0.171. The molecular formula is C19H29N3O3S. The second kappa shape index (κ2) is 8.61. The van der Waals surface area contributed by atoms with E-state index in [0.29, 0.717) is 19.0 Å². The van der Waals surface area contributed by atoms with Gasteiger partial charge in [0.25, 0.3) is 0 Å². The topological polar surface area (TPSA) is 83.7 Å². The lowest BCUT2D eigenvalue weighted by Gasteiger charge is -2.40. The van der Waals surface area contributed by atoms with Gasteiger partial charge in [0.1, 0.15) is 0 Å². The van der Waals surface area contributed by atoms with E-state index < -0.39 is 10.0 Å². The fourth-order valence-electron chi connectivity index (χ4n) is 4.06. The van der Waals surface area contributed by atoms with Crippen LogP contribution in [0.4, 0.5) is 0 Å². The maximum absolute atomic E-state index is 12.4. The number of ketones is 1. The average Bonchev–Trinajstić information content (AvgIpc) is 2.63. The highest BCUT2D eigenvalue weighted by Gasteiger charge is 2.26. The van der Waals surface area contributed by atoms with Gasteiger partial charge in [0, 0.05) is 25.6 Å². The van der Waals surface area contributed by atoms with E-state index in [2.05, 4.69) is 9.80 Å². The van der Waals surface area contributed by atoms with E-state index in [9.17, 15) is 13.2 Å². The number of likely N-dealkylation sites (tertiary alicyclic amines) is 2. The molecule has 2 aliphatic heterocycles. The fourth-order valence-corrected chi connectivity index (χ4v) is 4.57. The summed E-state index contributed by atoms with van der Waals surface area (Å²) in [6.07, 6.45) is 6.64. The molecule has 0 aliphatic carbocycles. The Morgan fingerprint density at radius 2 is 1.62 bits per heavy atom. The van der Waals surface area contributed by atoms with Gasteiger partial charge in [-0.15, -0.1) is 0 Å². The number of benzene rings is 1. The second-order valence-electron chi connectivity index (χ2n) is 7.51. The molecule has 144 valence electrons. The van der Waals surface area contributed by atoms with Crippen molar-refractivity contribution in [2.24, 2.45) is 5.14 Å². The Balaban J connectivity index is 1.44. The molecule has 1 aromatic carbocycles. The predicted molar refractivity (Wildman–Crippen MR) is 101 cm³/mol. The molecule has 0 bridgehead atoms. The minimum absolute atomic E-state index is 0.0773. The van der Waals surface area contributed by atoms with Crippen molar-refractivity contribution in [1.82, 2.24) is 9.80 Å². The van der Waals surface area contributed by atoms with Gasteiger partial charge in [-0.05, 0) is 56.5 Å². The number of rotatable bonds is 6. The summed E-state index contributed by atoms with van der Waals surface area (Å²) < 4.78 is 22.5. The van der Waals surface area contributed by atoms with Gasteiger partial charge >= 0.3 is 0 Å². The van der Waals surface area contributed by atoms with Crippen molar-refractivity contribution in [3.8, 4) is 0 Å². The molecule has 2 saturated heterocycles. The quantitative estimate of drug-likeness (QED) is 0.808. The van der Waals surface area contributed by atoms with E-state index in [1.54, 1.807) is 12.1 Å². The lowest BCUT2D eigenvalue weighted by Crippen LogP contribution is -2.47. The SMILES string of the molecule is NS(=O)(=O)c1ccc(CC(=O)CN2CCC(N3CCCCC3)CC2)cc1. The number of sulfonamides is 1. The summed E-state index contributed by atoms with van der Waals surface area (Å²) in [6, 6.07) is 6.94. The number of Topliss-reactive ketones (excluding diaryl/α,β-unsaturated/α-hetero) is 1. The molecule has 0 amide bonds. The van der Waals surface area contributed by atoms with E-state index in [0.717, 1.165) is 31.5 Å². The Bertz CT molecular complexity index is 704. The van der Waals surface area contributed by atoms with Crippen LogP contribution in [0.15, 0.2) is 29.2 Å². The third-order valence-corrected chi connectivity index (χ3v) is 6.45. The van der Waals surface area contributed by atoms with Gasteiger partial charge < -0.3 is 4.90 Å². The minimum Gasteiger partial charge on any atom is -0.300 e. The molecule has 7 heteroatoms. The Morgan fingerprint density at radius 1 is 1.00 bits per heavy atom. The molecular weight excluding hydrogens is 350 g/mol. The Hall–Kier alpha value is -1.28. The van der Waals surface area contributed by atoms with E-state index in [-0.39, 0.29) is 10.7 Å². The summed E-state index contributed by atoms with van der Waals surface area (Å²) in [6.45, 7) is 4.91. The first-order valence-electron chi connectivity index (χ1n) is 9.52. The van der Waals surface area contributed by atoms with Crippen molar-refractivity contribution in [2.75, 3.05) is 32.7 Å². The summed E-state index contributed by atoms with van der Waals surface area (Å²) in [4.78, 5) is 17.3. The largest absolute Gasteiger partial charge is 0.300 e. The van der Waals surface area contributed by atoms with Gasteiger partial charge in [-0.2, -0.15) is 0 Å². The molecule has 0 radical (unpaired) electrons. The highest BCUT2D eigenvalue weighted by molar-refractivity contribution is 7.89. The van der Waals surface area contributed by atoms with Crippen LogP contribution in [0, 0.1) is 0 Å². The van der Waals surface area contributed by atoms with Gasteiger partial charge in [0.15, 0.2) is 5.78 Å². The zero-order chi connectivity index (χ0) is 18.6. The smallest absolute Gasteiger partial charge is 0.238 e. The highest BCUT2D eigenvalue weighted by Crippen LogP contribution is 2.21. The monoisotopic (exact) mass is 379 g/mol. The number of primary sulfonamides is 1. The molecule has 6 nitrogen and oxygen atoms in total. The summed E-state index contributed by atoms with van der Waals surface area (Å²) in [5.41, 5.74) is 0.825. The van der Waals surface area contributed by atoms with Crippen molar-refractivity contribution in [3.05, 3.63) is 29.8 Å². The van der Waals surface area contributed by atoms with E-state index in [1.165, 1.54) is 44.5 Å². The molecule has 2 fully saturated rings. The van der Waals surface area contributed by atoms with Crippen LogP contribution in [0.1, 0.15) is 37.7 Å². The number of hydrogen-bond acceptors (Lipinski definition) is 5. The van der Waals surface area contributed by atoms with Gasteiger partial charge in [-0.1, -0.05) is 18.6 Å². The number of carbonyl (C=O) groups excluding carboxylic acids is 1. The molecule has 0 spiro atoms. The number of carbonyl (C=O) groups is 1. The van der Waals surface area contributed by atoms with Gasteiger partial charge in [0.05, 0.1) is 11.4 Å². The Kier molecular flexibility index (Phi) is 6.45. The zero-order valence-corrected chi connectivity index (χ0v) is 16.1. The summed E-state index contributed by atoms with van der Waals surface area (Å²) in [5, 5.41) is 5.09. The number of nitrogens with zero attached hydrogens (tertiary/aromatic N) is 2. The van der Waals surface area contributed by atoms with Crippen LogP contribution in [0.25, 0.3) is 0 Å². The van der Waals surface area contributed by atoms with Crippen LogP contribution in [0.5, 0.6) is 0 Å². The lowest BCUT2D eigenvalue weighted by atomic mass is 9.99. The molecule has 2 heterocycles. The van der Waals surface area contributed by atoms with Crippen molar-refractivity contribution < 1.29 is 13.2 Å². The van der Waals surface area contributed by atoms with Gasteiger partial charge in [-0.25, -0.2) is 13.6 Å². The molecule has 0 aromatic heterocycles. The number of nitrogens with two attached hydrogens (primary N) is 1. The Labute approximate surface area is 156 Å². The molecule has 2 aliphatic rings. The third-order valence-electron chi connectivity index (χ3n) is 5.52. The van der Waals surface area contributed by atoms with Gasteiger partial charge in [-0.3, -0.25) is 9.69 Å². The molecule has 0 atom stereocenters. The molecule has 2 N–H and O–H groups in total. The van der Waals surface area contributed by atoms with Crippen LogP contribution < -0.4 is 5.14 Å². The van der Waals surface area contributed by atoms with Gasteiger partial charge in [0.2, 0.25) is 10.0 Å². The summed E-state index contributed by atoms with van der Waals surface area (Å²) >= 11 is 0. The maximum Gasteiger partial charge on any atom is 0.238 e. The Morgan fingerprint density at radius 3 is 2.19 bits per heavy atom.